The van der Waals surface area contributed by atoms with Crippen molar-refractivity contribution in [3.05, 3.63) is 43.1 Å². The monoisotopic (exact) mass is 173 g/mol. The molecule has 66 valence electrons. The molecule has 1 N–H and O–H groups in total. The molecular formula is C11H11NO. The lowest BCUT2D eigenvalue weighted by Crippen LogP contribution is -1.90. The predicted octanol–water partition coefficient (Wildman–Crippen LogP) is 2.53. The van der Waals surface area contributed by atoms with Crippen LogP contribution in [0, 0.1) is 0 Å². The minimum Gasteiger partial charge on any atom is -0.508 e. The smallest absolute Gasteiger partial charge is 0.117 e. The Morgan fingerprint density at radius 2 is 2.23 bits per heavy atom. The first-order valence-electron chi connectivity index (χ1n) is 4.20. The van der Waals surface area contributed by atoms with Crippen molar-refractivity contribution in [1.82, 2.24) is 4.57 Å². The van der Waals surface area contributed by atoms with Gasteiger partial charge in [-0.25, -0.2) is 0 Å². The summed E-state index contributed by atoms with van der Waals surface area (Å²) in [6.07, 6.45) is 3.83. The second-order valence-corrected chi connectivity index (χ2v) is 3.00. The van der Waals surface area contributed by atoms with Crippen LogP contribution in [0.3, 0.4) is 0 Å². The van der Waals surface area contributed by atoms with E-state index >= 15 is 0 Å². The van der Waals surface area contributed by atoms with Gasteiger partial charge in [0.15, 0.2) is 0 Å². The molecule has 0 amide bonds. The Hall–Kier alpha value is -1.70. The number of fused-ring (bicyclic) bond motifs is 1. The molecule has 0 bridgehead atoms. The van der Waals surface area contributed by atoms with Crippen molar-refractivity contribution in [2.75, 3.05) is 0 Å². The Balaban J connectivity index is 2.64. The molecule has 2 heteroatoms. The number of nitrogens with zero attached hydrogens (tertiary/aromatic N) is 1. The maximum Gasteiger partial charge on any atom is 0.117 e. The molecule has 0 saturated carbocycles. The number of phenols is 1. The number of benzene rings is 1. The molecule has 0 aliphatic carbocycles. The summed E-state index contributed by atoms with van der Waals surface area (Å²) >= 11 is 0. The third-order valence-electron chi connectivity index (χ3n) is 2.08. The van der Waals surface area contributed by atoms with Crippen LogP contribution < -0.4 is 0 Å². The molecule has 1 heterocycles. The lowest BCUT2D eigenvalue weighted by molar-refractivity contribution is 0.476. The lowest BCUT2D eigenvalue weighted by Gasteiger charge is -2.00. The van der Waals surface area contributed by atoms with Crippen molar-refractivity contribution >= 4 is 10.9 Å². The second-order valence-electron chi connectivity index (χ2n) is 3.00. The Morgan fingerprint density at radius 1 is 1.38 bits per heavy atom. The maximum atomic E-state index is 9.30. The minimum absolute atomic E-state index is 0.302. The molecule has 2 rings (SSSR count). The molecule has 0 radical (unpaired) electrons. The molecule has 13 heavy (non-hydrogen) atoms. The van der Waals surface area contributed by atoms with Crippen molar-refractivity contribution in [3.63, 3.8) is 0 Å². The minimum atomic E-state index is 0.302. The average Bonchev–Trinajstić information content (AvgIpc) is 2.49. The topological polar surface area (TPSA) is 25.2 Å². The van der Waals surface area contributed by atoms with Crippen LogP contribution in [-0.2, 0) is 6.54 Å². The van der Waals surface area contributed by atoms with E-state index in [4.69, 9.17) is 0 Å². The van der Waals surface area contributed by atoms with Crippen molar-refractivity contribution in [1.29, 1.82) is 0 Å². The van der Waals surface area contributed by atoms with Gasteiger partial charge >= 0.3 is 0 Å². The summed E-state index contributed by atoms with van der Waals surface area (Å²) in [6, 6.07) is 7.39. The molecule has 0 aliphatic heterocycles. The normalized spacial score (nSPS) is 10.5. The van der Waals surface area contributed by atoms with E-state index in [-0.39, 0.29) is 0 Å². The quantitative estimate of drug-likeness (QED) is 0.693. The Labute approximate surface area is 76.7 Å². The van der Waals surface area contributed by atoms with Gasteiger partial charge in [0.05, 0.1) is 5.52 Å². The zero-order valence-corrected chi connectivity index (χ0v) is 7.27. The maximum absolute atomic E-state index is 9.30. The summed E-state index contributed by atoms with van der Waals surface area (Å²) in [7, 11) is 0. The van der Waals surface area contributed by atoms with Crippen LogP contribution in [0.2, 0.25) is 0 Å². The van der Waals surface area contributed by atoms with Gasteiger partial charge in [-0.3, -0.25) is 0 Å². The van der Waals surface area contributed by atoms with Crippen molar-refractivity contribution in [3.8, 4) is 5.75 Å². The molecule has 1 aromatic heterocycles. The SMILES string of the molecule is C=CCn1ccc2ccc(O)cc21. The van der Waals surface area contributed by atoms with E-state index in [0.717, 1.165) is 17.4 Å². The van der Waals surface area contributed by atoms with E-state index in [0.29, 0.717) is 5.75 Å². The summed E-state index contributed by atoms with van der Waals surface area (Å²) in [6.45, 7) is 4.45. The van der Waals surface area contributed by atoms with E-state index in [1.807, 2.05) is 29.0 Å². The molecule has 0 atom stereocenters. The first kappa shape index (κ1) is 7.92. The van der Waals surface area contributed by atoms with Crippen LogP contribution in [0.15, 0.2) is 43.1 Å². The Bertz CT molecular complexity index is 442. The van der Waals surface area contributed by atoms with Gasteiger partial charge in [-0.05, 0) is 23.6 Å². The molecule has 0 unspecified atom stereocenters. The summed E-state index contributed by atoms with van der Waals surface area (Å²) in [5.74, 6) is 0.302. The highest BCUT2D eigenvalue weighted by Gasteiger charge is 1.99. The largest absolute Gasteiger partial charge is 0.508 e. The number of phenolic OH excluding ortho intramolecular Hbond substituents is 1. The standard InChI is InChI=1S/C11H11NO/c1-2-6-12-7-5-9-3-4-10(13)8-11(9)12/h2-5,7-8,13H,1,6H2. The molecule has 0 spiro atoms. The molecule has 0 aliphatic rings. The second kappa shape index (κ2) is 2.98. The summed E-state index contributed by atoms with van der Waals surface area (Å²) < 4.78 is 2.04. The number of hydrogen-bond acceptors (Lipinski definition) is 1. The number of rotatable bonds is 2. The molecular weight excluding hydrogens is 162 g/mol. The van der Waals surface area contributed by atoms with Crippen LogP contribution in [0.5, 0.6) is 5.75 Å². The highest BCUT2D eigenvalue weighted by Crippen LogP contribution is 2.20. The third-order valence-corrected chi connectivity index (χ3v) is 2.08. The highest BCUT2D eigenvalue weighted by molar-refractivity contribution is 5.81. The lowest BCUT2D eigenvalue weighted by atomic mass is 10.2. The fourth-order valence-electron chi connectivity index (χ4n) is 1.47. The number of allylic oxidation sites excluding steroid dienone is 1. The molecule has 2 nitrogen and oxygen atoms in total. The van der Waals surface area contributed by atoms with Gasteiger partial charge in [-0.1, -0.05) is 6.08 Å². The van der Waals surface area contributed by atoms with E-state index < -0.39 is 0 Å². The molecule has 0 fully saturated rings. The predicted molar refractivity (Wildman–Crippen MR) is 53.8 cm³/mol. The van der Waals surface area contributed by atoms with Gasteiger partial charge in [0.2, 0.25) is 0 Å². The first-order chi connectivity index (χ1) is 6.31. The first-order valence-corrected chi connectivity index (χ1v) is 4.20. The zero-order chi connectivity index (χ0) is 9.26. The van der Waals surface area contributed by atoms with Crippen LogP contribution in [0.1, 0.15) is 0 Å². The average molecular weight is 173 g/mol. The van der Waals surface area contributed by atoms with E-state index in [1.165, 1.54) is 0 Å². The van der Waals surface area contributed by atoms with Crippen molar-refractivity contribution in [2.45, 2.75) is 6.54 Å². The summed E-state index contributed by atoms with van der Waals surface area (Å²) in [5.41, 5.74) is 1.04. The summed E-state index contributed by atoms with van der Waals surface area (Å²) in [4.78, 5) is 0. The van der Waals surface area contributed by atoms with Crippen LogP contribution in [0.4, 0.5) is 0 Å². The van der Waals surface area contributed by atoms with Gasteiger partial charge in [-0.15, -0.1) is 6.58 Å². The van der Waals surface area contributed by atoms with Gasteiger partial charge in [0.1, 0.15) is 5.75 Å². The van der Waals surface area contributed by atoms with E-state index in [1.54, 1.807) is 12.1 Å². The third kappa shape index (κ3) is 1.31. The van der Waals surface area contributed by atoms with Crippen LogP contribution >= 0.6 is 0 Å². The van der Waals surface area contributed by atoms with Gasteiger partial charge in [0.25, 0.3) is 0 Å². The Morgan fingerprint density at radius 3 is 3.00 bits per heavy atom. The van der Waals surface area contributed by atoms with E-state index in [2.05, 4.69) is 6.58 Å². The van der Waals surface area contributed by atoms with Gasteiger partial charge < -0.3 is 9.67 Å². The van der Waals surface area contributed by atoms with Crippen molar-refractivity contribution in [2.24, 2.45) is 0 Å². The van der Waals surface area contributed by atoms with Crippen LogP contribution in [0.25, 0.3) is 10.9 Å². The van der Waals surface area contributed by atoms with Crippen LogP contribution in [-0.4, -0.2) is 9.67 Å². The fraction of sp³-hybridized carbons (Fsp3) is 0.0909. The Kier molecular flexibility index (Phi) is 1.81. The zero-order valence-electron chi connectivity index (χ0n) is 7.27. The van der Waals surface area contributed by atoms with E-state index in [9.17, 15) is 5.11 Å². The molecule has 0 saturated heterocycles. The molecule has 1 aromatic carbocycles. The number of aromatic hydroxyl groups is 1. The van der Waals surface area contributed by atoms with Gasteiger partial charge in [0, 0.05) is 18.8 Å². The summed E-state index contributed by atoms with van der Waals surface area (Å²) in [5, 5.41) is 10.4. The fourth-order valence-corrected chi connectivity index (χ4v) is 1.47. The number of aromatic nitrogens is 1. The number of hydrogen-bond donors (Lipinski definition) is 1. The molecule has 2 aromatic rings. The highest BCUT2D eigenvalue weighted by atomic mass is 16.3. The van der Waals surface area contributed by atoms with Crippen molar-refractivity contribution < 1.29 is 5.11 Å². The van der Waals surface area contributed by atoms with Gasteiger partial charge in [-0.2, -0.15) is 0 Å².